The number of pyridine rings is 2. The highest BCUT2D eigenvalue weighted by molar-refractivity contribution is 7.90. The minimum Gasteiger partial charge on any atom is -0.373 e. The molecule has 8 heteroatoms. The third-order valence-corrected chi connectivity index (χ3v) is 6.13. The van der Waals surface area contributed by atoms with Crippen LogP contribution >= 0.6 is 0 Å². The summed E-state index contributed by atoms with van der Waals surface area (Å²) in [5, 5.41) is 7.69. The summed E-state index contributed by atoms with van der Waals surface area (Å²) < 4.78 is 23.2. The number of hydrogen-bond acceptors (Lipinski definition) is 6. The first-order valence-corrected chi connectivity index (χ1v) is 11.5. The molecule has 0 aliphatic heterocycles. The third-order valence-electron chi connectivity index (χ3n) is 5.00. The van der Waals surface area contributed by atoms with Crippen LogP contribution < -0.4 is 10.6 Å². The lowest BCUT2D eigenvalue weighted by molar-refractivity contribution is -0.117. The van der Waals surface area contributed by atoms with E-state index in [9.17, 15) is 13.2 Å². The van der Waals surface area contributed by atoms with Crippen molar-refractivity contribution in [2.45, 2.75) is 17.7 Å². The van der Waals surface area contributed by atoms with Gasteiger partial charge in [0.05, 0.1) is 4.90 Å². The Balaban J connectivity index is 1.68. The SMILES string of the molecule is CNc1ncc(/C=C/c2ccc(S(C)(=O)=O)cc2)c2cc(NC(=O)C3CC3)ncc12. The van der Waals surface area contributed by atoms with E-state index >= 15 is 0 Å². The fourth-order valence-corrected chi connectivity index (χ4v) is 3.77. The van der Waals surface area contributed by atoms with E-state index in [2.05, 4.69) is 20.6 Å². The van der Waals surface area contributed by atoms with Gasteiger partial charge in [-0.1, -0.05) is 24.3 Å². The predicted molar refractivity (Wildman–Crippen MR) is 119 cm³/mol. The maximum absolute atomic E-state index is 12.1. The second-order valence-electron chi connectivity index (χ2n) is 7.37. The quantitative estimate of drug-likeness (QED) is 0.630. The van der Waals surface area contributed by atoms with Crippen LogP contribution in [0.1, 0.15) is 24.0 Å². The van der Waals surface area contributed by atoms with E-state index in [-0.39, 0.29) is 16.7 Å². The van der Waals surface area contributed by atoms with Gasteiger partial charge >= 0.3 is 0 Å². The molecule has 0 radical (unpaired) electrons. The summed E-state index contributed by atoms with van der Waals surface area (Å²) in [5.41, 5.74) is 1.73. The smallest absolute Gasteiger partial charge is 0.228 e. The van der Waals surface area contributed by atoms with Crippen molar-refractivity contribution in [3.8, 4) is 0 Å². The molecule has 1 fully saturated rings. The average Bonchev–Trinajstić information content (AvgIpc) is 3.57. The van der Waals surface area contributed by atoms with Gasteiger partial charge in [-0.15, -0.1) is 0 Å². The Morgan fingerprint density at radius 3 is 2.43 bits per heavy atom. The maximum atomic E-state index is 12.1. The molecule has 1 aliphatic carbocycles. The summed E-state index contributed by atoms with van der Waals surface area (Å²) in [6.45, 7) is 0. The van der Waals surface area contributed by atoms with E-state index in [0.717, 1.165) is 34.7 Å². The number of anilines is 2. The molecule has 0 spiro atoms. The van der Waals surface area contributed by atoms with Crippen LogP contribution in [0.25, 0.3) is 22.9 Å². The zero-order chi connectivity index (χ0) is 21.3. The van der Waals surface area contributed by atoms with Crippen LogP contribution in [-0.2, 0) is 14.6 Å². The molecular formula is C22H22N4O3S. The number of carbonyl (C=O) groups is 1. The van der Waals surface area contributed by atoms with Crippen LogP contribution in [-0.4, -0.2) is 37.6 Å². The van der Waals surface area contributed by atoms with Crippen molar-refractivity contribution in [1.29, 1.82) is 0 Å². The van der Waals surface area contributed by atoms with Gasteiger partial charge < -0.3 is 10.6 Å². The Morgan fingerprint density at radius 2 is 1.80 bits per heavy atom. The number of rotatable bonds is 6. The third kappa shape index (κ3) is 4.33. The van der Waals surface area contributed by atoms with Gasteiger partial charge in [0.1, 0.15) is 11.6 Å². The summed E-state index contributed by atoms with van der Waals surface area (Å²) in [7, 11) is -1.43. The van der Waals surface area contributed by atoms with Crippen molar-refractivity contribution < 1.29 is 13.2 Å². The van der Waals surface area contributed by atoms with Gasteiger partial charge in [0.2, 0.25) is 5.91 Å². The zero-order valence-electron chi connectivity index (χ0n) is 16.7. The average molecular weight is 423 g/mol. The number of nitrogens with zero attached hydrogens (tertiary/aromatic N) is 2. The van der Waals surface area contributed by atoms with E-state index in [1.807, 2.05) is 18.2 Å². The number of benzene rings is 1. The molecule has 30 heavy (non-hydrogen) atoms. The molecule has 0 saturated heterocycles. The highest BCUT2D eigenvalue weighted by Crippen LogP contribution is 2.31. The van der Waals surface area contributed by atoms with Crippen molar-refractivity contribution >= 4 is 50.3 Å². The highest BCUT2D eigenvalue weighted by Gasteiger charge is 2.29. The molecule has 0 bridgehead atoms. The van der Waals surface area contributed by atoms with Crippen molar-refractivity contribution in [2.75, 3.05) is 23.9 Å². The first-order chi connectivity index (χ1) is 14.3. The van der Waals surface area contributed by atoms with Gasteiger partial charge in [0, 0.05) is 42.6 Å². The maximum Gasteiger partial charge on any atom is 0.228 e. The van der Waals surface area contributed by atoms with Crippen molar-refractivity contribution in [1.82, 2.24) is 9.97 Å². The number of carbonyl (C=O) groups excluding carboxylic acids is 1. The molecule has 154 valence electrons. The Bertz CT molecular complexity index is 1250. The summed E-state index contributed by atoms with van der Waals surface area (Å²) >= 11 is 0. The molecule has 4 rings (SSSR count). The minimum absolute atomic E-state index is 0.00723. The Hall–Kier alpha value is -3.26. The molecular weight excluding hydrogens is 400 g/mol. The fraction of sp³-hybridized carbons (Fsp3) is 0.227. The second-order valence-corrected chi connectivity index (χ2v) is 9.38. The Labute approximate surface area is 175 Å². The number of fused-ring (bicyclic) bond motifs is 1. The standard InChI is InChI=1S/C22H22N4O3S/c1-23-21-19-13-24-20(26-22(27)15-7-8-15)11-18(19)16(12-25-21)6-3-14-4-9-17(10-5-14)30(2,28)29/h3-6,9-13,15H,7-8H2,1-2H3,(H,23,25)(H,24,26,27)/b6-3+. The minimum atomic E-state index is -3.22. The summed E-state index contributed by atoms with van der Waals surface area (Å²) in [5.74, 6) is 1.32. The molecule has 1 amide bonds. The Kier molecular flexibility index (Phi) is 5.26. The van der Waals surface area contributed by atoms with Gasteiger partial charge in [0.25, 0.3) is 0 Å². The van der Waals surface area contributed by atoms with Gasteiger partial charge in [-0.3, -0.25) is 4.79 Å². The highest BCUT2D eigenvalue weighted by atomic mass is 32.2. The van der Waals surface area contributed by atoms with E-state index in [1.54, 1.807) is 43.7 Å². The fourth-order valence-electron chi connectivity index (χ4n) is 3.14. The molecule has 0 unspecified atom stereocenters. The topological polar surface area (TPSA) is 101 Å². The summed E-state index contributed by atoms with van der Waals surface area (Å²) in [6.07, 6.45) is 10.3. The first-order valence-electron chi connectivity index (χ1n) is 9.61. The van der Waals surface area contributed by atoms with Crippen molar-refractivity contribution in [3.63, 3.8) is 0 Å². The molecule has 3 aromatic rings. The van der Waals surface area contributed by atoms with E-state index in [1.165, 1.54) is 6.26 Å². The number of sulfone groups is 1. The molecule has 0 atom stereocenters. The number of hydrogen-bond donors (Lipinski definition) is 2. The second kappa shape index (κ2) is 7.87. The summed E-state index contributed by atoms with van der Waals surface area (Å²) in [6, 6.07) is 8.54. The van der Waals surface area contributed by atoms with Crippen LogP contribution in [0.3, 0.4) is 0 Å². The van der Waals surface area contributed by atoms with Crippen LogP contribution in [0.2, 0.25) is 0 Å². The van der Waals surface area contributed by atoms with Crippen LogP contribution in [0.15, 0.2) is 47.6 Å². The van der Waals surface area contributed by atoms with Crippen LogP contribution in [0.4, 0.5) is 11.6 Å². The lowest BCUT2D eigenvalue weighted by Crippen LogP contribution is -2.14. The van der Waals surface area contributed by atoms with Crippen LogP contribution in [0, 0.1) is 5.92 Å². The summed E-state index contributed by atoms with van der Waals surface area (Å²) in [4.78, 5) is 21.2. The largest absolute Gasteiger partial charge is 0.373 e. The molecule has 2 heterocycles. The normalized spacial score (nSPS) is 14.2. The van der Waals surface area contributed by atoms with Gasteiger partial charge in [-0.25, -0.2) is 18.4 Å². The van der Waals surface area contributed by atoms with E-state index in [0.29, 0.717) is 11.6 Å². The number of aromatic nitrogens is 2. The molecule has 1 saturated carbocycles. The molecule has 2 N–H and O–H groups in total. The predicted octanol–water partition coefficient (Wildman–Crippen LogP) is 3.59. The number of amides is 1. The lowest BCUT2D eigenvalue weighted by atomic mass is 10.1. The zero-order valence-corrected chi connectivity index (χ0v) is 17.5. The lowest BCUT2D eigenvalue weighted by Gasteiger charge is -2.10. The molecule has 2 aromatic heterocycles. The molecule has 7 nitrogen and oxygen atoms in total. The molecule has 1 aliphatic rings. The van der Waals surface area contributed by atoms with Gasteiger partial charge in [-0.2, -0.15) is 0 Å². The van der Waals surface area contributed by atoms with E-state index in [4.69, 9.17) is 0 Å². The monoisotopic (exact) mass is 422 g/mol. The Morgan fingerprint density at radius 1 is 1.07 bits per heavy atom. The van der Waals surface area contributed by atoms with Gasteiger partial charge in [0.15, 0.2) is 9.84 Å². The van der Waals surface area contributed by atoms with E-state index < -0.39 is 9.84 Å². The van der Waals surface area contributed by atoms with Crippen molar-refractivity contribution in [3.05, 3.63) is 53.9 Å². The van der Waals surface area contributed by atoms with Crippen LogP contribution in [0.5, 0.6) is 0 Å². The first kappa shape index (κ1) is 20.0. The van der Waals surface area contributed by atoms with Crippen molar-refractivity contribution in [2.24, 2.45) is 5.92 Å². The molecule has 1 aromatic carbocycles. The number of nitrogens with one attached hydrogen (secondary N) is 2. The van der Waals surface area contributed by atoms with Gasteiger partial charge in [-0.05, 0) is 42.0 Å².